The van der Waals surface area contributed by atoms with E-state index in [0.717, 1.165) is 5.56 Å². The summed E-state index contributed by atoms with van der Waals surface area (Å²) in [6.07, 6.45) is 1.37. The number of benzene rings is 2. The molecule has 1 atom stereocenters. The number of halogens is 1. The van der Waals surface area contributed by atoms with E-state index < -0.39 is 12.0 Å². The van der Waals surface area contributed by atoms with Crippen molar-refractivity contribution in [2.75, 3.05) is 0 Å². The fraction of sp³-hybridized carbons (Fsp3) is 0.136. The Balaban J connectivity index is 1.64. The van der Waals surface area contributed by atoms with Crippen LogP contribution >= 0.6 is 11.3 Å². The highest BCUT2D eigenvalue weighted by molar-refractivity contribution is 7.17. The minimum Gasteiger partial charge on any atom is -0.459 e. The van der Waals surface area contributed by atoms with Crippen LogP contribution in [0.2, 0.25) is 0 Å². The summed E-state index contributed by atoms with van der Waals surface area (Å²) in [6, 6.07) is 14.4. The average Bonchev–Trinajstić information content (AvgIpc) is 3.18. The summed E-state index contributed by atoms with van der Waals surface area (Å²) in [7, 11) is 0. The Labute approximate surface area is 170 Å². The maximum Gasteiger partial charge on any atom is 0.329 e. The Bertz CT molecular complexity index is 1220. The van der Waals surface area contributed by atoms with Crippen LogP contribution in [0.4, 0.5) is 4.39 Å². The molecular formula is C22H17FN2O3S. The molecule has 2 aromatic carbocycles. The fourth-order valence-corrected chi connectivity index (χ4v) is 3.93. The number of thiophene rings is 1. The lowest BCUT2D eigenvalue weighted by Crippen LogP contribution is -2.29. The van der Waals surface area contributed by atoms with E-state index in [1.807, 2.05) is 35.7 Å². The second-order valence-corrected chi connectivity index (χ2v) is 7.42. The highest BCUT2D eigenvalue weighted by atomic mass is 32.1. The quantitative estimate of drug-likeness (QED) is 0.454. The number of carbonyl (C=O) groups excluding carboxylic acids is 1. The predicted octanol–water partition coefficient (Wildman–Crippen LogP) is 4.57. The largest absolute Gasteiger partial charge is 0.459 e. The number of ether oxygens (including phenoxy) is 1. The predicted molar refractivity (Wildman–Crippen MR) is 110 cm³/mol. The smallest absolute Gasteiger partial charge is 0.329 e. The number of carbonyl (C=O) groups is 1. The summed E-state index contributed by atoms with van der Waals surface area (Å²) in [5.74, 6) is -0.866. The van der Waals surface area contributed by atoms with Gasteiger partial charge in [0, 0.05) is 10.9 Å². The zero-order valence-electron chi connectivity index (χ0n) is 15.5. The van der Waals surface area contributed by atoms with Crippen LogP contribution in [0.3, 0.4) is 0 Å². The Morgan fingerprint density at radius 1 is 1.17 bits per heavy atom. The molecule has 0 aliphatic heterocycles. The number of hydrogen-bond donors (Lipinski definition) is 0. The van der Waals surface area contributed by atoms with Gasteiger partial charge in [-0.2, -0.15) is 0 Å². The van der Waals surface area contributed by atoms with Crippen molar-refractivity contribution < 1.29 is 13.9 Å². The number of nitrogens with zero attached hydrogens (tertiary/aromatic N) is 2. The van der Waals surface area contributed by atoms with Gasteiger partial charge in [0.2, 0.25) is 0 Å². The summed E-state index contributed by atoms with van der Waals surface area (Å²) in [5, 5.41) is 2.22. The zero-order chi connectivity index (χ0) is 20.4. The maximum absolute atomic E-state index is 13.2. The van der Waals surface area contributed by atoms with E-state index in [4.69, 9.17) is 4.74 Å². The van der Waals surface area contributed by atoms with Gasteiger partial charge in [0.1, 0.15) is 23.3 Å². The van der Waals surface area contributed by atoms with Crippen LogP contribution in [-0.4, -0.2) is 15.5 Å². The number of rotatable bonds is 5. The van der Waals surface area contributed by atoms with Gasteiger partial charge in [-0.05, 0) is 30.2 Å². The van der Waals surface area contributed by atoms with Crippen molar-refractivity contribution in [2.45, 2.75) is 19.6 Å². The Hall–Kier alpha value is -3.32. The third-order valence-corrected chi connectivity index (χ3v) is 5.54. The average molecular weight is 408 g/mol. The molecule has 0 fully saturated rings. The van der Waals surface area contributed by atoms with E-state index in [9.17, 15) is 14.0 Å². The van der Waals surface area contributed by atoms with Crippen LogP contribution in [0.25, 0.3) is 21.3 Å². The first kappa shape index (κ1) is 19.0. The first-order valence-electron chi connectivity index (χ1n) is 8.99. The normalized spacial score (nSPS) is 12.1. The van der Waals surface area contributed by atoms with Crippen molar-refractivity contribution in [3.05, 3.63) is 88.0 Å². The highest BCUT2D eigenvalue weighted by Crippen LogP contribution is 2.31. The van der Waals surface area contributed by atoms with Crippen LogP contribution in [0.5, 0.6) is 0 Å². The summed E-state index contributed by atoms with van der Waals surface area (Å²) < 4.78 is 19.9. The van der Waals surface area contributed by atoms with Gasteiger partial charge >= 0.3 is 5.97 Å². The van der Waals surface area contributed by atoms with Crippen LogP contribution in [0.1, 0.15) is 18.5 Å². The lowest BCUT2D eigenvalue weighted by atomic mass is 10.1. The van der Waals surface area contributed by atoms with Gasteiger partial charge in [-0.1, -0.05) is 42.5 Å². The number of hydrogen-bond acceptors (Lipinski definition) is 5. The minimum atomic E-state index is -0.830. The Morgan fingerprint density at radius 2 is 1.90 bits per heavy atom. The third kappa shape index (κ3) is 3.82. The van der Waals surface area contributed by atoms with Gasteiger partial charge in [0.25, 0.3) is 5.56 Å². The summed E-state index contributed by atoms with van der Waals surface area (Å²) in [5.41, 5.74) is 1.92. The SMILES string of the molecule is C[C@@H](C(=O)OCc1ccccc1)n1cnc2scc(-c3ccc(F)cc3)c2c1=O. The molecule has 7 heteroatoms. The molecule has 4 rings (SSSR count). The molecule has 0 aliphatic rings. The molecular weight excluding hydrogens is 391 g/mol. The molecule has 0 saturated carbocycles. The topological polar surface area (TPSA) is 61.2 Å². The van der Waals surface area contributed by atoms with Gasteiger partial charge < -0.3 is 4.74 Å². The van der Waals surface area contributed by atoms with Crippen molar-refractivity contribution in [2.24, 2.45) is 0 Å². The highest BCUT2D eigenvalue weighted by Gasteiger charge is 2.21. The molecule has 0 amide bonds. The van der Waals surface area contributed by atoms with Crippen LogP contribution in [0, 0.1) is 5.82 Å². The van der Waals surface area contributed by atoms with Crippen molar-refractivity contribution in [3.8, 4) is 11.1 Å². The molecule has 0 saturated heterocycles. The molecule has 0 spiro atoms. The fourth-order valence-electron chi connectivity index (χ4n) is 3.03. The first-order chi connectivity index (χ1) is 14.0. The van der Waals surface area contributed by atoms with Gasteiger partial charge in [-0.15, -0.1) is 11.3 Å². The molecule has 0 unspecified atom stereocenters. The molecule has 0 bridgehead atoms. The molecule has 4 aromatic rings. The van der Waals surface area contributed by atoms with Crippen LogP contribution < -0.4 is 5.56 Å². The third-order valence-electron chi connectivity index (χ3n) is 4.66. The number of aromatic nitrogens is 2. The maximum atomic E-state index is 13.2. The van der Waals surface area contributed by atoms with Gasteiger partial charge in [0.05, 0.1) is 11.7 Å². The van der Waals surface area contributed by atoms with Crippen LogP contribution in [0.15, 0.2) is 71.1 Å². The molecule has 2 heterocycles. The first-order valence-corrected chi connectivity index (χ1v) is 9.87. The lowest BCUT2D eigenvalue weighted by molar-refractivity contribution is -0.148. The summed E-state index contributed by atoms with van der Waals surface area (Å²) >= 11 is 1.33. The molecule has 0 aliphatic carbocycles. The van der Waals surface area contributed by atoms with E-state index in [1.165, 1.54) is 34.4 Å². The Morgan fingerprint density at radius 3 is 2.62 bits per heavy atom. The van der Waals surface area contributed by atoms with Crippen molar-refractivity contribution in [1.29, 1.82) is 0 Å². The second kappa shape index (κ2) is 7.97. The van der Waals surface area contributed by atoms with Crippen molar-refractivity contribution in [1.82, 2.24) is 9.55 Å². The zero-order valence-corrected chi connectivity index (χ0v) is 16.4. The van der Waals surface area contributed by atoms with Gasteiger partial charge in [-0.25, -0.2) is 14.2 Å². The monoisotopic (exact) mass is 408 g/mol. The molecule has 146 valence electrons. The van der Waals surface area contributed by atoms with E-state index in [-0.39, 0.29) is 18.0 Å². The van der Waals surface area contributed by atoms with Gasteiger partial charge in [0.15, 0.2) is 0 Å². The van der Waals surface area contributed by atoms with Crippen molar-refractivity contribution >= 4 is 27.5 Å². The van der Waals surface area contributed by atoms with E-state index in [2.05, 4.69) is 4.98 Å². The standard InChI is InChI=1S/C22H17FN2O3S/c1-14(22(27)28-11-15-5-3-2-4-6-15)25-13-24-20-19(21(25)26)18(12-29-20)16-7-9-17(23)10-8-16/h2-10,12-14H,11H2,1H3/t14-/m0/s1. The molecule has 2 aromatic heterocycles. The van der Waals surface area contributed by atoms with Crippen LogP contribution in [-0.2, 0) is 16.1 Å². The minimum absolute atomic E-state index is 0.133. The number of esters is 1. The second-order valence-electron chi connectivity index (χ2n) is 6.56. The summed E-state index contributed by atoms with van der Waals surface area (Å²) in [4.78, 5) is 30.5. The molecule has 0 N–H and O–H groups in total. The van der Waals surface area contributed by atoms with E-state index >= 15 is 0 Å². The molecule has 0 radical (unpaired) electrons. The van der Waals surface area contributed by atoms with Gasteiger partial charge in [-0.3, -0.25) is 9.36 Å². The van der Waals surface area contributed by atoms with E-state index in [0.29, 0.717) is 21.3 Å². The number of fused-ring (bicyclic) bond motifs is 1. The van der Waals surface area contributed by atoms with Crippen molar-refractivity contribution in [3.63, 3.8) is 0 Å². The molecule has 29 heavy (non-hydrogen) atoms. The summed E-state index contributed by atoms with van der Waals surface area (Å²) in [6.45, 7) is 1.74. The molecule has 5 nitrogen and oxygen atoms in total. The lowest BCUT2D eigenvalue weighted by Gasteiger charge is -2.14. The Kier molecular flexibility index (Phi) is 5.22. The van der Waals surface area contributed by atoms with E-state index in [1.54, 1.807) is 19.1 Å².